The Kier molecular flexibility index (Phi) is 4.42. The Morgan fingerprint density at radius 3 is 2.60 bits per heavy atom. The maximum Gasteiger partial charge on any atom is 0.00957 e. The van der Waals surface area contributed by atoms with Gasteiger partial charge in [0.05, 0.1) is 0 Å². The van der Waals surface area contributed by atoms with Crippen LogP contribution < -0.4 is 5.32 Å². The molecule has 0 bridgehead atoms. The minimum absolute atomic E-state index is 0.592. The standard InChI is InChI=1S/C18H34N2/c1-17(2)8-3-6-16(7-11-17)20-13-5-10-18(15-20)9-4-12-19-14-18/h16,19H,3-15H2,1-2H3. The Balaban J connectivity index is 1.61. The molecule has 3 fully saturated rings. The summed E-state index contributed by atoms with van der Waals surface area (Å²) in [7, 11) is 0. The highest BCUT2D eigenvalue weighted by atomic mass is 15.2. The predicted molar refractivity (Wildman–Crippen MR) is 86.0 cm³/mol. The molecule has 2 nitrogen and oxygen atoms in total. The van der Waals surface area contributed by atoms with Crippen molar-refractivity contribution in [3.63, 3.8) is 0 Å². The fraction of sp³-hybridized carbons (Fsp3) is 1.00. The van der Waals surface area contributed by atoms with Crippen molar-refractivity contribution >= 4 is 0 Å². The number of nitrogens with one attached hydrogen (secondary N) is 1. The molecule has 2 heteroatoms. The quantitative estimate of drug-likeness (QED) is 0.734. The summed E-state index contributed by atoms with van der Waals surface area (Å²) in [6.07, 6.45) is 13.0. The largest absolute Gasteiger partial charge is 0.316 e. The summed E-state index contributed by atoms with van der Waals surface area (Å²) in [4.78, 5) is 2.89. The Hall–Kier alpha value is -0.0800. The van der Waals surface area contributed by atoms with E-state index >= 15 is 0 Å². The summed E-state index contributed by atoms with van der Waals surface area (Å²) >= 11 is 0. The monoisotopic (exact) mass is 278 g/mol. The molecule has 2 aliphatic heterocycles. The molecule has 2 heterocycles. The van der Waals surface area contributed by atoms with Gasteiger partial charge in [0.1, 0.15) is 0 Å². The first kappa shape index (κ1) is 14.8. The van der Waals surface area contributed by atoms with E-state index in [0.29, 0.717) is 10.8 Å². The molecule has 116 valence electrons. The highest BCUT2D eigenvalue weighted by Gasteiger charge is 2.39. The highest BCUT2D eigenvalue weighted by Crippen LogP contribution is 2.40. The van der Waals surface area contributed by atoms with Crippen molar-refractivity contribution in [2.24, 2.45) is 10.8 Å². The lowest BCUT2D eigenvalue weighted by Crippen LogP contribution is -2.53. The first-order valence-electron chi connectivity index (χ1n) is 9.04. The van der Waals surface area contributed by atoms with Crippen molar-refractivity contribution in [1.82, 2.24) is 10.2 Å². The molecule has 3 aliphatic rings. The molecule has 1 spiro atoms. The van der Waals surface area contributed by atoms with Crippen LogP contribution >= 0.6 is 0 Å². The van der Waals surface area contributed by atoms with E-state index in [0.717, 1.165) is 6.04 Å². The normalized spacial score (nSPS) is 39.6. The van der Waals surface area contributed by atoms with Gasteiger partial charge < -0.3 is 5.32 Å². The molecule has 2 atom stereocenters. The maximum absolute atomic E-state index is 3.67. The van der Waals surface area contributed by atoms with E-state index in [-0.39, 0.29) is 0 Å². The molecule has 2 unspecified atom stereocenters. The number of likely N-dealkylation sites (tertiary alicyclic amines) is 1. The van der Waals surface area contributed by atoms with Gasteiger partial charge in [-0.05, 0) is 75.3 Å². The van der Waals surface area contributed by atoms with Crippen molar-refractivity contribution in [3.8, 4) is 0 Å². The first-order valence-corrected chi connectivity index (χ1v) is 9.04. The summed E-state index contributed by atoms with van der Waals surface area (Å²) in [5.74, 6) is 0. The van der Waals surface area contributed by atoms with Gasteiger partial charge in [-0.25, -0.2) is 0 Å². The van der Waals surface area contributed by atoms with Crippen LogP contribution in [0.3, 0.4) is 0 Å². The molecule has 3 rings (SSSR count). The minimum atomic E-state index is 0.592. The molecule has 0 radical (unpaired) electrons. The lowest BCUT2D eigenvalue weighted by Gasteiger charge is -2.48. The first-order chi connectivity index (χ1) is 9.59. The van der Waals surface area contributed by atoms with Crippen molar-refractivity contribution in [3.05, 3.63) is 0 Å². The summed E-state index contributed by atoms with van der Waals surface area (Å²) < 4.78 is 0. The van der Waals surface area contributed by atoms with Gasteiger partial charge in [0.25, 0.3) is 0 Å². The molecule has 0 amide bonds. The maximum atomic E-state index is 3.67. The molecule has 2 saturated heterocycles. The lowest BCUT2D eigenvalue weighted by molar-refractivity contribution is 0.0322. The zero-order chi connectivity index (χ0) is 14.1. The van der Waals surface area contributed by atoms with Crippen LogP contribution in [0.1, 0.15) is 71.6 Å². The Bertz CT molecular complexity index is 312. The van der Waals surface area contributed by atoms with Gasteiger partial charge in [-0.3, -0.25) is 4.90 Å². The average molecular weight is 278 g/mol. The van der Waals surface area contributed by atoms with Gasteiger partial charge in [0.15, 0.2) is 0 Å². The highest BCUT2D eigenvalue weighted by molar-refractivity contribution is 4.94. The third-order valence-corrected chi connectivity index (χ3v) is 6.31. The zero-order valence-electron chi connectivity index (χ0n) is 13.7. The van der Waals surface area contributed by atoms with Gasteiger partial charge in [-0.2, -0.15) is 0 Å². The summed E-state index contributed by atoms with van der Waals surface area (Å²) in [5, 5.41) is 3.67. The molecule has 1 N–H and O–H groups in total. The molecule has 0 aromatic rings. The van der Waals surface area contributed by atoms with Gasteiger partial charge in [-0.15, -0.1) is 0 Å². The number of nitrogens with zero attached hydrogens (tertiary/aromatic N) is 1. The van der Waals surface area contributed by atoms with E-state index in [4.69, 9.17) is 0 Å². The van der Waals surface area contributed by atoms with Crippen LogP contribution in [0.2, 0.25) is 0 Å². The van der Waals surface area contributed by atoms with Crippen molar-refractivity contribution in [2.75, 3.05) is 26.2 Å². The van der Waals surface area contributed by atoms with Crippen LogP contribution in [-0.2, 0) is 0 Å². The molecular weight excluding hydrogens is 244 g/mol. The Labute approximate surface area is 125 Å². The number of hydrogen-bond donors (Lipinski definition) is 1. The zero-order valence-corrected chi connectivity index (χ0v) is 13.7. The third-order valence-electron chi connectivity index (χ3n) is 6.31. The van der Waals surface area contributed by atoms with E-state index in [2.05, 4.69) is 24.1 Å². The Morgan fingerprint density at radius 1 is 0.950 bits per heavy atom. The van der Waals surface area contributed by atoms with Crippen molar-refractivity contribution in [1.29, 1.82) is 0 Å². The fourth-order valence-electron chi connectivity index (χ4n) is 4.94. The minimum Gasteiger partial charge on any atom is -0.316 e. The molecule has 0 aromatic heterocycles. The van der Waals surface area contributed by atoms with Crippen LogP contribution in [0.4, 0.5) is 0 Å². The van der Waals surface area contributed by atoms with E-state index < -0.39 is 0 Å². The number of hydrogen-bond acceptors (Lipinski definition) is 2. The van der Waals surface area contributed by atoms with E-state index in [1.807, 2.05) is 0 Å². The molecule has 1 aliphatic carbocycles. The number of rotatable bonds is 1. The summed E-state index contributed by atoms with van der Waals surface area (Å²) in [5.41, 5.74) is 1.22. The second-order valence-corrected chi connectivity index (χ2v) is 8.60. The average Bonchev–Trinajstić information content (AvgIpc) is 2.61. The third kappa shape index (κ3) is 3.39. The topological polar surface area (TPSA) is 15.3 Å². The predicted octanol–water partition coefficient (Wildman–Crippen LogP) is 3.81. The van der Waals surface area contributed by atoms with Gasteiger partial charge in [0.2, 0.25) is 0 Å². The van der Waals surface area contributed by atoms with Crippen LogP contribution in [0.5, 0.6) is 0 Å². The fourth-order valence-corrected chi connectivity index (χ4v) is 4.94. The van der Waals surface area contributed by atoms with Crippen molar-refractivity contribution in [2.45, 2.75) is 77.7 Å². The van der Waals surface area contributed by atoms with Gasteiger partial charge >= 0.3 is 0 Å². The summed E-state index contributed by atoms with van der Waals surface area (Å²) in [6.45, 7) is 10.2. The van der Waals surface area contributed by atoms with E-state index in [9.17, 15) is 0 Å². The second kappa shape index (κ2) is 5.96. The van der Waals surface area contributed by atoms with Gasteiger partial charge in [-0.1, -0.05) is 20.3 Å². The van der Waals surface area contributed by atoms with Gasteiger partial charge in [0, 0.05) is 19.1 Å². The second-order valence-electron chi connectivity index (χ2n) is 8.60. The van der Waals surface area contributed by atoms with Crippen LogP contribution in [0.15, 0.2) is 0 Å². The Morgan fingerprint density at radius 2 is 1.80 bits per heavy atom. The molecular formula is C18H34N2. The van der Waals surface area contributed by atoms with Crippen molar-refractivity contribution < 1.29 is 0 Å². The van der Waals surface area contributed by atoms with E-state index in [1.165, 1.54) is 84.0 Å². The lowest BCUT2D eigenvalue weighted by atomic mass is 9.74. The van der Waals surface area contributed by atoms with Crippen LogP contribution in [0.25, 0.3) is 0 Å². The van der Waals surface area contributed by atoms with Crippen LogP contribution in [0, 0.1) is 10.8 Å². The van der Waals surface area contributed by atoms with Crippen LogP contribution in [-0.4, -0.2) is 37.1 Å². The molecule has 1 saturated carbocycles. The molecule has 20 heavy (non-hydrogen) atoms. The number of piperidine rings is 2. The summed E-state index contributed by atoms with van der Waals surface area (Å²) in [6, 6.07) is 0.885. The van der Waals surface area contributed by atoms with E-state index in [1.54, 1.807) is 0 Å². The SMILES string of the molecule is CC1(C)CCCC(N2CCCC3(CCCNC3)C2)CC1. The molecule has 0 aromatic carbocycles. The smallest absolute Gasteiger partial charge is 0.00957 e.